The summed E-state index contributed by atoms with van der Waals surface area (Å²) in [5.41, 5.74) is 0. The number of rotatable bonds is 1. The molecule has 0 spiro atoms. The molecule has 0 aliphatic carbocycles. The van der Waals surface area contributed by atoms with Crippen LogP contribution in [-0.2, 0) is 26.2 Å². The molecule has 9 heavy (non-hydrogen) atoms. The second-order valence-corrected chi connectivity index (χ2v) is 1.56. The average molecular weight is 250 g/mol. The largest absolute Gasteiger partial charge is 3.00 e. The monoisotopic (exact) mass is 248 g/mol. The summed E-state index contributed by atoms with van der Waals surface area (Å²) < 4.78 is 0. The maximum Gasteiger partial charge on any atom is 3.00 e. The Balaban J connectivity index is -0.0000000417. The van der Waals surface area contributed by atoms with E-state index in [0.29, 0.717) is 0 Å². The van der Waals surface area contributed by atoms with Crippen LogP contribution in [0.25, 0.3) is 0 Å². The predicted octanol–water partition coefficient (Wildman–Crippen LogP) is -6.74. The minimum atomic E-state index is -0.565. The van der Waals surface area contributed by atoms with Gasteiger partial charge in [0.15, 0.2) is 0 Å². The van der Waals surface area contributed by atoms with Gasteiger partial charge < -0.3 is 34.8 Å². The molecule has 0 saturated heterocycles. The minimum absolute atomic E-state index is 0. The van der Waals surface area contributed by atoms with Gasteiger partial charge in [-0.1, -0.05) is 13.2 Å². The van der Waals surface area contributed by atoms with Gasteiger partial charge in [-0.15, -0.1) is 0 Å². The molecular formula is C4H10Cl2NOZr. The van der Waals surface area contributed by atoms with Crippen LogP contribution < -0.4 is 29.9 Å². The molecule has 0 heterocycles. The van der Waals surface area contributed by atoms with Gasteiger partial charge in [-0.2, -0.15) is 0 Å². The molecule has 0 aromatic heterocycles. The van der Waals surface area contributed by atoms with Crippen LogP contribution in [0.1, 0.15) is 6.92 Å². The first-order valence-corrected chi connectivity index (χ1v) is 1.97. The van der Waals surface area contributed by atoms with Gasteiger partial charge in [0.1, 0.15) is 0 Å². The zero-order valence-electron chi connectivity index (χ0n) is 5.69. The van der Waals surface area contributed by atoms with Crippen molar-refractivity contribution in [3.8, 4) is 0 Å². The zero-order chi connectivity index (χ0) is 5.15. The molecule has 5 heteroatoms. The van der Waals surface area contributed by atoms with Crippen LogP contribution in [0.4, 0.5) is 0 Å². The minimum Gasteiger partial charge on any atom is -1.00 e. The first-order chi connectivity index (χ1) is 2.64. The van der Waals surface area contributed by atoms with Crippen LogP contribution in [0.5, 0.6) is 0 Å². The summed E-state index contributed by atoms with van der Waals surface area (Å²) in [5, 5.41) is 10.2. The van der Waals surface area contributed by atoms with Crippen molar-refractivity contribution in [1.29, 1.82) is 0 Å². The summed E-state index contributed by atoms with van der Waals surface area (Å²) in [6.07, 6.45) is -0.565. The summed E-state index contributed by atoms with van der Waals surface area (Å²) in [6.45, 7) is 1.61. The summed E-state index contributed by atoms with van der Waals surface area (Å²) in [6, 6.07) is 0. The van der Waals surface area contributed by atoms with Gasteiger partial charge in [0, 0.05) is 0 Å². The molecule has 0 fully saturated rings. The van der Waals surface area contributed by atoms with Gasteiger partial charge in [-0.25, -0.2) is 0 Å². The molecule has 2 nitrogen and oxygen atoms in total. The molecule has 0 aliphatic heterocycles. The van der Waals surface area contributed by atoms with E-state index in [1.165, 1.54) is 0 Å². The molecule has 55 valence electrons. The van der Waals surface area contributed by atoms with Crippen molar-refractivity contribution in [2.75, 3.05) is 14.1 Å². The molecule has 1 radical (unpaired) electrons. The van der Waals surface area contributed by atoms with Crippen LogP contribution in [0.2, 0.25) is 0 Å². The number of hydrogen-bond acceptors (Lipinski definition) is 2. The van der Waals surface area contributed by atoms with E-state index >= 15 is 0 Å². The van der Waals surface area contributed by atoms with Crippen molar-refractivity contribution in [2.45, 2.75) is 13.2 Å². The van der Waals surface area contributed by atoms with E-state index in [9.17, 15) is 5.11 Å². The first kappa shape index (κ1) is 22.4. The molecule has 0 rings (SSSR count). The maximum absolute atomic E-state index is 10.2. The Kier molecular flexibility index (Phi) is 30.2. The molecular weight excluding hydrogens is 240 g/mol. The predicted molar refractivity (Wildman–Crippen MR) is 23.1 cm³/mol. The van der Waals surface area contributed by atoms with E-state index in [4.69, 9.17) is 0 Å². The Morgan fingerprint density at radius 2 is 1.33 bits per heavy atom. The summed E-state index contributed by atoms with van der Waals surface area (Å²) in [7, 11) is 3.52. The third-order valence-corrected chi connectivity index (χ3v) is 0.727. The Hall–Kier alpha value is 1.38. The molecule has 0 aliphatic rings. The second-order valence-electron chi connectivity index (χ2n) is 1.56. The fourth-order valence-corrected chi connectivity index (χ4v) is 0. The third-order valence-electron chi connectivity index (χ3n) is 0.727. The summed E-state index contributed by atoms with van der Waals surface area (Å²) in [5.74, 6) is 0. The van der Waals surface area contributed by atoms with Crippen molar-refractivity contribution < 1.29 is 56.1 Å². The maximum atomic E-state index is 10.2. The smallest absolute Gasteiger partial charge is 1.00 e. The van der Waals surface area contributed by atoms with E-state index in [2.05, 4.69) is 0 Å². The number of halogens is 2. The van der Waals surface area contributed by atoms with Crippen molar-refractivity contribution in [3.63, 3.8) is 0 Å². The van der Waals surface area contributed by atoms with Gasteiger partial charge >= 0.3 is 26.2 Å². The van der Waals surface area contributed by atoms with Crippen LogP contribution in [0, 0.1) is 0 Å². The molecule has 0 aromatic rings. The van der Waals surface area contributed by atoms with Gasteiger partial charge in [0.05, 0.1) is 0 Å². The van der Waals surface area contributed by atoms with Crippen LogP contribution in [0.15, 0.2) is 0 Å². The van der Waals surface area contributed by atoms with E-state index in [0.717, 1.165) is 0 Å². The number of hydrogen-bond donors (Lipinski definition) is 0. The standard InChI is InChI=1S/C4H10NO.2ClH.Zr/c1-4(6)5(2)3;;;/h4H,1-3H3;2*1H;/q-1;;;+3/p-2. The molecule has 1 unspecified atom stereocenters. The third kappa shape index (κ3) is 17.7. The Labute approximate surface area is 87.9 Å². The Morgan fingerprint density at radius 1 is 1.22 bits per heavy atom. The first-order valence-electron chi connectivity index (χ1n) is 1.97. The van der Waals surface area contributed by atoms with Crippen LogP contribution in [0.3, 0.4) is 0 Å². The van der Waals surface area contributed by atoms with Gasteiger partial charge in [-0.3, -0.25) is 0 Å². The van der Waals surface area contributed by atoms with Crippen molar-refractivity contribution >= 4 is 0 Å². The van der Waals surface area contributed by atoms with E-state index in [1.807, 2.05) is 0 Å². The van der Waals surface area contributed by atoms with Gasteiger partial charge in [0.2, 0.25) is 0 Å². The molecule has 0 N–H and O–H groups in total. The fraction of sp³-hybridized carbons (Fsp3) is 1.00. The molecule has 0 amide bonds. The Morgan fingerprint density at radius 3 is 1.33 bits per heavy atom. The van der Waals surface area contributed by atoms with Crippen LogP contribution >= 0.6 is 0 Å². The van der Waals surface area contributed by atoms with Gasteiger partial charge in [0.25, 0.3) is 0 Å². The summed E-state index contributed by atoms with van der Waals surface area (Å²) >= 11 is 0. The zero-order valence-corrected chi connectivity index (χ0v) is 9.66. The molecule has 0 aromatic carbocycles. The SMILES string of the molecule is CC([O-])N(C)C.[Cl-].[Cl-].[Zr+3]. The van der Waals surface area contributed by atoms with Crippen molar-refractivity contribution in [1.82, 2.24) is 4.90 Å². The average Bonchev–Trinajstić information content (AvgIpc) is 1.36. The molecule has 0 saturated carbocycles. The van der Waals surface area contributed by atoms with Crippen molar-refractivity contribution in [2.24, 2.45) is 0 Å². The molecule has 1 atom stereocenters. The molecule has 0 bridgehead atoms. The summed E-state index contributed by atoms with van der Waals surface area (Å²) in [4.78, 5) is 1.61. The van der Waals surface area contributed by atoms with E-state index in [1.54, 1.807) is 25.9 Å². The van der Waals surface area contributed by atoms with E-state index < -0.39 is 6.23 Å². The topological polar surface area (TPSA) is 26.3 Å². The van der Waals surface area contributed by atoms with E-state index in [-0.39, 0.29) is 51.0 Å². The Bertz CT molecular complexity index is 39.5. The van der Waals surface area contributed by atoms with Gasteiger partial charge in [-0.05, 0) is 14.1 Å². The normalized spacial score (nSPS) is 10.3. The second kappa shape index (κ2) is 12.1. The van der Waals surface area contributed by atoms with Crippen molar-refractivity contribution in [3.05, 3.63) is 0 Å². The number of nitrogens with zero attached hydrogens (tertiary/aromatic N) is 1. The van der Waals surface area contributed by atoms with Crippen LogP contribution in [-0.4, -0.2) is 25.2 Å². The quantitative estimate of drug-likeness (QED) is 0.433. The fourth-order valence-electron chi connectivity index (χ4n) is 0.